The largest absolute Gasteiger partial charge is 0.478 e. The fraction of sp³-hybridized carbons (Fsp3) is 0.462. The molecule has 0 saturated carbocycles. The van der Waals surface area contributed by atoms with Crippen molar-refractivity contribution in [1.82, 2.24) is 4.98 Å². The molecule has 8 heteroatoms. The number of carbonyl (C=O) groups is 2. The molecule has 116 valence electrons. The molecule has 1 rings (SSSR count). The topological polar surface area (TPSA) is 88.5 Å². The summed E-state index contributed by atoms with van der Waals surface area (Å²) >= 11 is 6.97. The van der Waals surface area contributed by atoms with E-state index in [-0.39, 0.29) is 20.7 Å². The Labute approximate surface area is 131 Å². The quantitative estimate of drug-likeness (QED) is 0.813. The number of ether oxygens (including phenoxy) is 1. The van der Waals surface area contributed by atoms with Gasteiger partial charge in [-0.25, -0.2) is 14.6 Å². The monoisotopic (exact) mass is 332 g/mol. The lowest BCUT2D eigenvalue weighted by atomic mass is 10.2. The first-order chi connectivity index (χ1) is 9.64. The lowest BCUT2D eigenvalue weighted by molar-refractivity contribution is -0.130. The first-order valence-electron chi connectivity index (χ1n) is 6.24. The second-order valence-electron chi connectivity index (χ2n) is 5.10. The molecular weight excluding hydrogens is 316 g/mol. The number of halogens is 1. The van der Waals surface area contributed by atoms with Crippen molar-refractivity contribution >= 4 is 45.7 Å². The van der Waals surface area contributed by atoms with Gasteiger partial charge in [-0.1, -0.05) is 35.9 Å². The maximum Gasteiger partial charge on any atom is 0.413 e. The van der Waals surface area contributed by atoms with Gasteiger partial charge in [0.2, 0.25) is 0 Å². The lowest BCUT2D eigenvalue weighted by Crippen LogP contribution is -2.27. The van der Waals surface area contributed by atoms with Crippen molar-refractivity contribution in [3.05, 3.63) is 16.1 Å². The van der Waals surface area contributed by atoms with E-state index in [0.717, 1.165) is 11.3 Å². The van der Waals surface area contributed by atoms with Crippen LogP contribution in [0.15, 0.2) is 6.08 Å². The number of amides is 1. The molecule has 0 spiro atoms. The van der Waals surface area contributed by atoms with Crippen LogP contribution in [0.3, 0.4) is 0 Å². The number of carboxylic acids is 1. The first kappa shape index (κ1) is 17.5. The van der Waals surface area contributed by atoms with Gasteiger partial charge in [0.15, 0.2) is 5.13 Å². The third-order valence-corrected chi connectivity index (χ3v) is 3.26. The normalized spacial score (nSPS) is 12.1. The van der Waals surface area contributed by atoms with E-state index in [2.05, 4.69) is 10.3 Å². The zero-order valence-corrected chi connectivity index (χ0v) is 13.8. The number of aromatic nitrogens is 1. The standard InChI is InChI=1S/C13H17ClN2O4S/c1-5-6-7(10(17)18)8-9(14)21-11(15-8)16-12(19)20-13(2,3)4/h6H,5H2,1-4H3,(H,17,18)(H,15,16,19)/b7-6-. The summed E-state index contributed by atoms with van der Waals surface area (Å²) in [4.78, 5) is 26.9. The Morgan fingerprint density at radius 2 is 2.10 bits per heavy atom. The summed E-state index contributed by atoms with van der Waals surface area (Å²) in [6, 6.07) is 0. The predicted octanol–water partition coefficient (Wildman–Crippen LogP) is 4.02. The SMILES string of the molecule is CC/C=C(\C(=O)O)c1nc(NC(=O)OC(C)(C)C)sc1Cl. The van der Waals surface area contributed by atoms with Gasteiger partial charge in [-0.2, -0.15) is 0 Å². The molecule has 1 amide bonds. The molecule has 1 aromatic rings. The average molecular weight is 333 g/mol. The number of aliphatic carboxylic acids is 1. The number of hydrogen-bond acceptors (Lipinski definition) is 5. The smallest absolute Gasteiger partial charge is 0.413 e. The number of allylic oxidation sites excluding steroid dienone is 1. The highest BCUT2D eigenvalue weighted by atomic mass is 35.5. The van der Waals surface area contributed by atoms with Gasteiger partial charge < -0.3 is 9.84 Å². The Balaban J connectivity index is 2.95. The second-order valence-corrected chi connectivity index (χ2v) is 6.70. The van der Waals surface area contributed by atoms with E-state index in [4.69, 9.17) is 21.4 Å². The van der Waals surface area contributed by atoms with Crippen LogP contribution in [0.2, 0.25) is 4.34 Å². The lowest BCUT2D eigenvalue weighted by Gasteiger charge is -2.18. The van der Waals surface area contributed by atoms with E-state index in [1.54, 1.807) is 20.8 Å². The van der Waals surface area contributed by atoms with E-state index >= 15 is 0 Å². The molecular formula is C13H17ClN2O4S. The summed E-state index contributed by atoms with van der Waals surface area (Å²) in [7, 11) is 0. The molecule has 0 aromatic carbocycles. The molecule has 0 aliphatic carbocycles. The van der Waals surface area contributed by atoms with Crippen LogP contribution in [-0.4, -0.2) is 27.8 Å². The van der Waals surface area contributed by atoms with E-state index in [9.17, 15) is 9.59 Å². The van der Waals surface area contributed by atoms with Gasteiger partial charge in [0.05, 0.1) is 5.57 Å². The molecule has 1 aromatic heterocycles. The number of nitrogens with zero attached hydrogens (tertiary/aromatic N) is 1. The molecule has 0 aliphatic heterocycles. The van der Waals surface area contributed by atoms with Crippen molar-refractivity contribution in [3.63, 3.8) is 0 Å². The predicted molar refractivity (Wildman–Crippen MR) is 82.9 cm³/mol. The molecule has 0 fully saturated rings. The number of thiazole rings is 1. The number of rotatable bonds is 4. The second kappa shape index (κ2) is 6.91. The summed E-state index contributed by atoms with van der Waals surface area (Å²) in [6.45, 7) is 7.02. The molecule has 0 bridgehead atoms. The average Bonchev–Trinajstić information content (AvgIpc) is 2.63. The molecule has 0 atom stereocenters. The molecule has 6 nitrogen and oxygen atoms in total. The minimum Gasteiger partial charge on any atom is -0.478 e. The minimum atomic E-state index is -1.12. The van der Waals surface area contributed by atoms with Crippen LogP contribution >= 0.6 is 22.9 Å². The molecule has 1 heterocycles. The molecule has 0 unspecified atom stereocenters. The highest BCUT2D eigenvalue weighted by Gasteiger charge is 2.21. The fourth-order valence-corrected chi connectivity index (χ4v) is 2.46. The molecule has 2 N–H and O–H groups in total. The number of carbonyl (C=O) groups excluding carboxylic acids is 1. The Bertz CT molecular complexity index is 575. The van der Waals surface area contributed by atoms with Crippen molar-refractivity contribution in [1.29, 1.82) is 0 Å². The number of nitrogens with one attached hydrogen (secondary N) is 1. The van der Waals surface area contributed by atoms with Crippen LogP contribution in [0.1, 0.15) is 39.8 Å². The van der Waals surface area contributed by atoms with E-state index in [1.807, 2.05) is 6.92 Å². The van der Waals surface area contributed by atoms with E-state index in [0.29, 0.717) is 6.42 Å². The summed E-state index contributed by atoms with van der Waals surface area (Å²) in [5.41, 5.74) is -0.486. The first-order valence-corrected chi connectivity index (χ1v) is 7.43. The van der Waals surface area contributed by atoms with Gasteiger partial charge in [-0.15, -0.1) is 0 Å². The van der Waals surface area contributed by atoms with Gasteiger partial charge in [0, 0.05) is 0 Å². The van der Waals surface area contributed by atoms with Gasteiger partial charge in [0.25, 0.3) is 0 Å². The third-order valence-electron chi connectivity index (χ3n) is 2.09. The fourth-order valence-electron chi connectivity index (χ4n) is 1.40. The minimum absolute atomic E-state index is 0.0102. The maximum atomic E-state index is 11.6. The summed E-state index contributed by atoms with van der Waals surface area (Å²) in [5.74, 6) is -1.12. The summed E-state index contributed by atoms with van der Waals surface area (Å²) in [5, 5.41) is 11.8. The van der Waals surface area contributed by atoms with Crippen LogP contribution in [0.4, 0.5) is 9.93 Å². The summed E-state index contributed by atoms with van der Waals surface area (Å²) in [6.07, 6.45) is 1.38. The van der Waals surface area contributed by atoms with Gasteiger partial charge in [-0.3, -0.25) is 5.32 Å². The van der Waals surface area contributed by atoms with Crippen LogP contribution in [0.25, 0.3) is 5.57 Å². The highest BCUT2D eigenvalue weighted by molar-refractivity contribution is 7.19. The van der Waals surface area contributed by atoms with Gasteiger partial charge in [-0.05, 0) is 27.2 Å². The van der Waals surface area contributed by atoms with Crippen LogP contribution in [0, 0.1) is 0 Å². The number of hydrogen-bond donors (Lipinski definition) is 2. The zero-order valence-electron chi connectivity index (χ0n) is 12.2. The maximum absolute atomic E-state index is 11.6. The molecule has 0 aliphatic rings. The Morgan fingerprint density at radius 3 is 2.57 bits per heavy atom. The summed E-state index contributed by atoms with van der Waals surface area (Å²) < 4.78 is 5.29. The third kappa shape index (κ3) is 5.35. The Hall–Kier alpha value is -1.60. The van der Waals surface area contributed by atoms with Crippen molar-refractivity contribution in [2.24, 2.45) is 0 Å². The highest BCUT2D eigenvalue weighted by Crippen LogP contribution is 2.33. The number of anilines is 1. The molecule has 0 radical (unpaired) electrons. The van der Waals surface area contributed by atoms with E-state index < -0.39 is 17.7 Å². The zero-order chi connectivity index (χ0) is 16.2. The Kier molecular flexibility index (Phi) is 5.74. The van der Waals surface area contributed by atoms with Crippen molar-refractivity contribution in [2.75, 3.05) is 5.32 Å². The van der Waals surface area contributed by atoms with Crippen LogP contribution < -0.4 is 5.32 Å². The molecule has 21 heavy (non-hydrogen) atoms. The number of carboxylic acid groups (broad SMARTS) is 1. The van der Waals surface area contributed by atoms with Crippen molar-refractivity contribution in [2.45, 2.75) is 39.7 Å². The van der Waals surface area contributed by atoms with E-state index in [1.165, 1.54) is 6.08 Å². The van der Waals surface area contributed by atoms with Crippen LogP contribution in [-0.2, 0) is 9.53 Å². The molecule has 0 saturated heterocycles. The van der Waals surface area contributed by atoms with Gasteiger partial charge in [0.1, 0.15) is 15.6 Å². The van der Waals surface area contributed by atoms with Gasteiger partial charge >= 0.3 is 12.1 Å². The Morgan fingerprint density at radius 1 is 1.48 bits per heavy atom. The van der Waals surface area contributed by atoms with Crippen molar-refractivity contribution < 1.29 is 19.4 Å². The van der Waals surface area contributed by atoms with Crippen molar-refractivity contribution in [3.8, 4) is 0 Å². The van der Waals surface area contributed by atoms with Crippen LogP contribution in [0.5, 0.6) is 0 Å².